The molecule has 2 saturated carbocycles. The number of allylic oxidation sites excluding steroid dienone is 2. The van der Waals surface area contributed by atoms with Gasteiger partial charge in [0.15, 0.2) is 0 Å². The molecule has 39 heavy (non-hydrogen) atoms. The summed E-state index contributed by atoms with van der Waals surface area (Å²) in [5.74, 6) is -0.678. The number of benzene rings is 2. The summed E-state index contributed by atoms with van der Waals surface area (Å²) >= 11 is 6.58. The van der Waals surface area contributed by atoms with Gasteiger partial charge in [0.1, 0.15) is 6.54 Å². The van der Waals surface area contributed by atoms with Crippen molar-refractivity contribution in [3.05, 3.63) is 87.7 Å². The molecule has 0 aliphatic heterocycles. The predicted molar refractivity (Wildman–Crippen MR) is 154 cm³/mol. The third-order valence-electron chi connectivity index (χ3n) is 6.88. The first-order chi connectivity index (χ1) is 18.6. The summed E-state index contributed by atoms with van der Waals surface area (Å²) in [7, 11) is 0. The van der Waals surface area contributed by atoms with Crippen molar-refractivity contribution in [2.75, 3.05) is 6.54 Å². The molecule has 0 radical (unpaired) electrons. The third-order valence-corrected chi connectivity index (χ3v) is 7.10. The Kier molecular flexibility index (Phi) is 8.41. The van der Waals surface area contributed by atoms with Gasteiger partial charge in [0, 0.05) is 34.1 Å². The van der Waals surface area contributed by atoms with Crippen molar-refractivity contribution in [3.8, 4) is 6.07 Å². The number of carbonyl (C=O) groups excluding carboxylic acids is 2. The number of nitrogens with zero attached hydrogens (tertiary/aromatic N) is 2. The molecule has 8 nitrogen and oxygen atoms in total. The van der Waals surface area contributed by atoms with Crippen molar-refractivity contribution in [2.45, 2.75) is 57.7 Å². The van der Waals surface area contributed by atoms with Crippen LogP contribution >= 0.6 is 11.6 Å². The number of hydrogen-bond acceptors (Lipinski definition) is 6. The van der Waals surface area contributed by atoms with Crippen LogP contribution in [0.3, 0.4) is 0 Å². The molecule has 2 amide bonds. The number of carbonyl (C=O) groups is 2. The highest BCUT2D eigenvalue weighted by atomic mass is 35.5. The fourth-order valence-corrected chi connectivity index (χ4v) is 4.81. The van der Waals surface area contributed by atoms with E-state index in [4.69, 9.17) is 27.6 Å². The summed E-state index contributed by atoms with van der Waals surface area (Å²) in [6.07, 6.45) is 3.75. The van der Waals surface area contributed by atoms with Gasteiger partial charge >= 0.3 is 0 Å². The van der Waals surface area contributed by atoms with Crippen LogP contribution in [0, 0.1) is 11.3 Å². The van der Waals surface area contributed by atoms with Crippen LogP contribution in [-0.4, -0.2) is 30.1 Å². The molecule has 5 N–H and O–H groups in total. The molecule has 2 fully saturated rings. The average molecular weight is 545 g/mol. The number of amides is 2. The van der Waals surface area contributed by atoms with E-state index in [-0.39, 0.29) is 24.7 Å². The van der Waals surface area contributed by atoms with E-state index in [2.05, 4.69) is 22.5 Å². The highest BCUT2D eigenvalue weighted by molar-refractivity contribution is 6.31. The quantitative estimate of drug-likeness (QED) is 0.190. The minimum atomic E-state index is -0.544. The van der Waals surface area contributed by atoms with Crippen LogP contribution in [0.2, 0.25) is 5.02 Å². The molecule has 202 valence electrons. The van der Waals surface area contributed by atoms with Crippen LogP contribution in [-0.2, 0) is 16.9 Å². The molecule has 2 aliphatic carbocycles. The predicted octanol–water partition coefficient (Wildman–Crippen LogP) is 4.32. The Hall–Kier alpha value is -4.09. The molecule has 0 bridgehead atoms. The molecule has 4 rings (SSSR count). The lowest BCUT2D eigenvalue weighted by molar-refractivity contribution is -0.118. The number of hydrogen-bond donors (Lipinski definition) is 4. The first-order valence-corrected chi connectivity index (χ1v) is 13.3. The monoisotopic (exact) mass is 544 g/mol. The zero-order chi connectivity index (χ0) is 28.2. The third kappa shape index (κ3) is 6.87. The summed E-state index contributed by atoms with van der Waals surface area (Å²) in [5.41, 5.74) is 11.2. The maximum atomic E-state index is 13.5. The highest BCUT2D eigenvalue weighted by Crippen LogP contribution is 2.47. The second kappa shape index (κ2) is 11.7. The van der Waals surface area contributed by atoms with Crippen LogP contribution in [0.25, 0.3) is 5.57 Å². The van der Waals surface area contributed by atoms with Crippen LogP contribution in [0.5, 0.6) is 0 Å². The van der Waals surface area contributed by atoms with Crippen LogP contribution in [0.15, 0.2) is 65.4 Å². The topological polar surface area (TPSA) is 132 Å². The number of aliphatic imine (C=N–C) groups is 1. The fraction of sp³-hybridized carbons (Fsp3) is 0.333. The molecular formula is C30H33ClN6O2. The molecule has 0 heterocycles. The maximum absolute atomic E-state index is 13.5. The Bertz CT molecular complexity index is 1410. The lowest BCUT2D eigenvalue weighted by atomic mass is 9.94. The van der Waals surface area contributed by atoms with Crippen molar-refractivity contribution in [2.24, 2.45) is 10.7 Å². The molecule has 0 atom stereocenters. The summed E-state index contributed by atoms with van der Waals surface area (Å²) in [6, 6.07) is 15.2. The zero-order valence-electron chi connectivity index (χ0n) is 22.2. The number of nitrogens with two attached hydrogens (primary N) is 1. The van der Waals surface area contributed by atoms with Crippen molar-refractivity contribution in [1.82, 2.24) is 16.0 Å². The Balaban J connectivity index is 1.53. The van der Waals surface area contributed by atoms with E-state index < -0.39 is 11.4 Å². The normalized spacial score (nSPS) is 16.4. The van der Waals surface area contributed by atoms with Gasteiger partial charge < -0.3 is 21.7 Å². The van der Waals surface area contributed by atoms with Crippen molar-refractivity contribution in [3.63, 3.8) is 0 Å². The molecule has 2 aromatic carbocycles. The van der Waals surface area contributed by atoms with Gasteiger partial charge in [0.2, 0.25) is 0 Å². The maximum Gasteiger partial charge on any atom is 0.267 e. The van der Waals surface area contributed by atoms with Gasteiger partial charge in [-0.15, -0.1) is 0 Å². The van der Waals surface area contributed by atoms with E-state index in [0.29, 0.717) is 27.9 Å². The van der Waals surface area contributed by atoms with E-state index in [9.17, 15) is 9.59 Å². The molecular weight excluding hydrogens is 512 g/mol. The first-order valence-electron chi connectivity index (χ1n) is 12.9. The van der Waals surface area contributed by atoms with E-state index in [1.54, 1.807) is 18.2 Å². The van der Waals surface area contributed by atoms with E-state index in [1.165, 1.54) is 0 Å². The molecule has 9 heteroatoms. The Morgan fingerprint density at radius 1 is 1.18 bits per heavy atom. The van der Waals surface area contributed by atoms with E-state index in [0.717, 1.165) is 48.1 Å². The van der Waals surface area contributed by atoms with E-state index >= 15 is 0 Å². The molecule has 0 spiro atoms. The summed E-state index contributed by atoms with van der Waals surface area (Å²) in [5, 5.41) is 17.8. The summed E-state index contributed by atoms with van der Waals surface area (Å²) in [4.78, 5) is 30.6. The minimum Gasteiger partial charge on any atom is -0.402 e. The Morgan fingerprint density at radius 3 is 2.54 bits per heavy atom. The lowest BCUT2D eigenvalue weighted by Gasteiger charge is -2.21. The van der Waals surface area contributed by atoms with Gasteiger partial charge in [-0.2, -0.15) is 5.26 Å². The standard InChI is InChI=1S/C30H33ClN6O2/c1-18(33)27(19(2)36-25-8-9-25)22-14-23(16-24(31)15-22)30(10-11-30)37-29(39)26-7-5-4-6-21(26)17-35-28(38)20(3)34-13-12-32/h4-7,14-16,25,34H,3,8-11,13,17,33H2,1-2H3,(H,35,38)(H,37,39)/b27-18+,36-19?. The van der Waals surface area contributed by atoms with Gasteiger partial charge in [-0.25, -0.2) is 0 Å². The molecule has 0 unspecified atom stereocenters. The minimum absolute atomic E-state index is 0.0203. The molecule has 0 saturated heterocycles. The average Bonchev–Trinajstić information content (AvgIpc) is 3.83. The largest absolute Gasteiger partial charge is 0.402 e. The number of rotatable bonds is 11. The molecule has 0 aromatic heterocycles. The van der Waals surface area contributed by atoms with Gasteiger partial charge in [-0.1, -0.05) is 36.4 Å². The van der Waals surface area contributed by atoms with Gasteiger partial charge in [-0.05, 0) is 80.5 Å². The van der Waals surface area contributed by atoms with Crippen LogP contribution in [0.1, 0.15) is 66.6 Å². The highest BCUT2D eigenvalue weighted by Gasteiger charge is 2.46. The van der Waals surface area contributed by atoms with Crippen LogP contribution < -0.4 is 21.7 Å². The summed E-state index contributed by atoms with van der Waals surface area (Å²) in [6.45, 7) is 7.59. The number of halogens is 1. The van der Waals surface area contributed by atoms with E-state index in [1.807, 2.05) is 44.2 Å². The number of nitrogens with one attached hydrogen (secondary N) is 3. The van der Waals surface area contributed by atoms with Gasteiger partial charge in [-0.3, -0.25) is 14.6 Å². The Morgan fingerprint density at radius 2 is 1.90 bits per heavy atom. The number of nitriles is 1. The molecule has 2 aliphatic rings. The summed E-state index contributed by atoms with van der Waals surface area (Å²) < 4.78 is 0. The smallest absolute Gasteiger partial charge is 0.267 e. The Labute approximate surface area is 234 Å². The van der Waals surface area contributed by atoms with Gasteiger partial charge in [0.05, 0.1) is 23.3 Å². The lowest BCUT2D eigenvalue weighted by Crippen LogP contribution is -2.36. The van der Waals surface area contributed by atoms with Crippen molar-refractivity contribution >= 4 is 34.7 Å². The van der Waals surface area contributed by atoms with Gasteiger partial charge in [0.25, 0.3) is 11.8 Å². The molecule has 2 aromatic rings. The zero-order valence-corrected chi connectivity index (χ0v) is 23.0. The second-order valence-electron chi connectivity index (χ2n) is 10.1. The SMILES string of the molecule is C=C(NCC#N)C(=O)NCc1ccccc1C(=O)NC1(c2cc(Cl)cc(/C(C(C)=NC3CC3)=C(\C)N)c2)CC1. The second-order valence-corrected chi connectivity index (χ2v) is 10.5. The fourth-order valence-electron chi connectivity index (χ4n) is 4.57. The first kappa shape index (κ1) is 27.9. The van der Waals surface area contributed by atoms with Crippen molar-refractivity contribution < 1.29 is 9.59 Å². The van der Waals surface area contributed by atoms with Crippen molar-refractivity contribution in [1.29, 1.82) is 5.26 Å². The van der Waals surface area contributed by atoms with Crippen LogP contribution in [0.4, 0.5) is 0 Å².